The maximum absolute atomic E-state index is 12.4. The summed E-state index contributed by atoms with van der Waals surface area (Å²) in [5.74, 6) is 0. The topological polar surface area (TPSA) is 12.5 Å². The summed E-state index contributed by atoms with van der Waals surface area (Å²) < 4.78 is 42.2. The Morgan fingerprint density at radius 1 is 1.33 bits per heavy atom. The number of benzene rings is 1. The molecular formula is C10H8ClF3O. The second-order valence-corrected chi connectivity index (χ2v) is 3.94. The van der Waals surface area contributed by atoms with Crippen molar-refractivity contribution in [1.29, 1.82) is 0 Å². The summed E-state index contributed by atoms with van der Waals surface area (Å²) in [4.78, 5) is 0. The van der Waals surface area contributed by atoms with Gasteiger partial charge in [-0.05, 0) is 23.8 Å². The van der Waals surface area contributed by atoms with Crippen molar-refractivity contribution in [1.82, 2.24) is 0 Å². The molecule has 0 aliphatic carbocycles. The molecule has 15 heavy (non-hydrogen) atoms. The Hall–Kier alpha value is -0.740. The van der Waals surface area contributed by atoms with Crippen LogP contribution in [0.25, 0.3) is 0 Å². The summed E-state index contributed by atoms with van der Waals surface area (Å²) in [6.07, 6.45) is -3.79. The van der Waals surface area contributed by atoms with E-state index in [1.807, 2.05) is 0 Å². The molecule has 5 heteroatoms. The van der Waals surface area contributed by atoms with Crippen molar-refractivity contribution < 1.29 is 17.9 Å². The van der Waals surface area contributed by atoms with Gasteiger partial charge in [0.15, 0.2) is 0 Å². The highest BCUT2D eigenvalue weighted by atomic mass is 35.5. The highest BCUT2D eigenvalue weighted by Crippen LogP contribution is 2.32. The fourth-order valence-electron chi connectivity index (χ4n) is 1.38. The molecule has 1 aromatic rings. The lowest BCUT2D eigenvalue weighted by atomic mass is 10.1. The number of hydrogen-bond donors (Lipinski definition) is 0. The average Bonchev–Trinajstić information content (AvgIpc) is 2.85. The number of hydrogen-bond acceptors (Lipinski definition) is 1. The molecule has 1 aliphatic heterocycles. The third-order valence-corrected chi connectivity index (χ3v) is 2.37. The molecule has 1 nitrogen and oxygen atoms in total. The van der Waals surface area contributed by atoms with Gasteiger partial charge in [0.1, 0.15) is 0 Å². The zero-order valence-electron chi connectivity index (χ0n) is 7.64. The molecule has 0 saturated carbocycles. The van der Waals surface area contributed by atoms with Crippen LogP contribution in [0.2, 0.25) is 5.02 Å². The molecule has 0 spiro atoms. The highest BCUT2D eigenvalue weighted by Gasteiger charge is 2.32. The number of rotatable bonds is 2. The van der Waals surface area contributed by atoms with Crippen molar-refractivity contribution in [3.05, 3.63) is 34.3 Å². The molecule has 0 aromatic heterocycles. The Kier molecular flexibility index (Phi) is 2.64. The molecule has 1 aromatic carbocycles. The third-order valence-electron chi connectivity index (χ3n) is 2.15. The standard InChI is InChI=1S/C10H8ClF3O/c11-8-2-6(3-9-5-15-9)1-7(4-8)10(12,13)14/h1-2,4,9H,3,5H2. The van der Waals surface area contributed by atoms with Crippen molar-refractivity contribution in [3.8, 4) is 0 Å². The Labute approximate surface area is 89.8 Å². The van der Waals surface area contributed by atoms with Crippen molar-refractivity contribution >= 4 is 11.6 Å². The van der Waals surface area contributed by atoms with E-state index in [9.17, 15) is 13.2 Å². The van der Waals surface area contributed by atoms with Crippen LogP contribution in [0.3, 0.4) is 0 Å². The molecule has 0 radical (unpaired) electrons. The van der Waals surface area contributed by atoms with Gasteiger partial charge in [-0.1, -0.05) is 11.6 Å². The number of ether oxygens (including phenoxy) is 1. The van der Waals surface area contributed by atoms with Crippen molar-refractivity contribution in [3.63, 3.8) is 0 Å². The summed E-state index contributed by atoms with van der Waals surface area (Å²) in [6.45, 7) is 0.619. The normalized spacial score (nSPS) is 20.4. The van der Waals surface area contributed by atoms with E-state index in [4.69, 9.17) is 16.3 Å². The summed E-state index contributed by atoms with van der Waals surface area (Å²) in [7, 11) is 0. The van der Waals surface area contributed by atoms with Gasteiger partial charge in [0.05, 0.1) is 18.3 Å². The minimum Gasteiger partial charge on any atom is -0.373 e. The molecule has 1 heterocycles. The Bertz CT molecular complexity index is 371. The van der Waals surface area contributed by atoms with Gasteiger partial charge in [-0.25, -0.2) is 0 Å². The minimum absolute atomic E-state index is 0.0598. The molecule has 0 bridgehead atoms. The Balaban J connectivity index is 2.27. The maximum Gasteiger partial charge on any atom is 0.416 e. The quantitative estimate of drug-likeness (QED) is 0.718. The predicted molar refractivity (Wildman–Crippen MR) is 49.9 cm³/mol. The van der Waals surface area contributed by atoms with Gasteiger partial charge in [-0.3, -0.25) is 0 Å². The first kappa shape index (κ1) is 10.8. The summed E-state index contributed by atoms with van der Waals surface area (Å²) in [5.41, 5.74) is -0.136. The molecule has 1 aliphatic rings. The monoisotopic (exact) mass is 236 g/mol. The summed E-state index contributed by atoms with van der Waals surface area (Å²) in [5, 5.41) is 0.112. The first-order chi connectivity index (χ1) is 6.95. The summed E-state index contributed by atoms with van der Waals surface area (Å²) in [6, 6.07) is 3.59. The van der Waals surface area contributed by atoms with E-state index in [1.54, 1.807) is 6.07 Å². The fraction of sp³-hybridized carbons (Fsp3) is 0.400. The second kappa shape index (κ2) is 3.68. The third kappa shape index (κ3) is 2.86. The Morgan fingerprint density at radius 2 is 2.00 bits per heavy atom. The van der Waals surface area contributed by atoms with E-state index in [0.717, 1.165) is 12.1 Å². The van der Waals surface area contributed by atoms with Crippen LogP contribution in [0.1, 0.15) is 11.1 Å². The van der Waals surface area contributed by atoms with Crippen LogP contribution in [0.5, 0.6) is 0 Å². The van der Waals surface area contributed by atoms with E-state index < -0.39 is 11.7 Å². The predicted octanol–water partition coefficient (Wildman–Crippen LogP) is 3.30. The van der Waals surface area contributed by atoms with Crippen LogP contribution in [-0.4, -0.2) is 12.7 Å². The molecule has 2 rings (SSSR count). The van der Waals surface area contributed by atoms with E-state index in [1.165, 1.54) is 0 Å². The average molecular weight is 237 g/mol. The maximum atomic E-state index is 12.4. The fourth-order valence-corrected chi connectivity index (χ4v) is 1.64. The van der Waals surface area contributed by atoms with Crippen molar-refractivity contribution in [2.75, 3.05) is 6.61 Å². The van der Waals surface area contributed by atoms with Gasteiger partial charge in [0, 0.05) is 11.4 Å². The molecule has 1 fully saturated rings. The van der Waals surface area contributed by atoms with Crippen LogP contribution in [0, 0.1) is 0 Å². The zero-order chi connectivity index (χ0) is 11.1. The molecule has 0 amide bonds. The summed E-state index contributed by atoms with van der Waals surface area (Å²) >= 11 is 5.62. The second-order valence-electron chi connectivity index (χ2n) is 3.51. The van der Waals surface area contributed by atoms with Crippen molar-refractivity contribution in [2.24, 2.45) is 0 Å². The van der Waals surface area contributed by atoms with Gasteiger partial charge < -0.3 is 4.74 Å². The SMILES string of the molecule is FC(F)(F)c1cc(Cl)cc(CC2CO2)c1. The molecular weight excluding hydrogens is 229 g/mol. The van der Waals surface area contributed by atoms with Crippen molar-refractivity contribution in [2.45, 2.75) is 18.7 Å². The molecule has 1 saturated heterocycles. The van der Waals surface area contributed by atoms with E-state index >= 15 is 0 Å². The molecule has 82 valence electrons. The lowest BCUT2D eigenvalue weighted by molar-refractivity contribution is -0.137. The zero-order valence-corrected chi connectivity index (χ0v) is 8.40. The molecule has 0 N–H and O–H groups in total. The lowest BCUT2D eigenvalue weighted by Crippen LogP contribution is -2.06. The number of halogens is 4. The van der Waals surface area contributed by atoms with Gasteiger partial charge in [0.2, 0.25) is 0 Å². The Morgan fingerprint density at radius 3 is 2.53 bits per heavy atom. The van der Waals surface area contributed by atoms with E-state index in [0.29, 0.717) is 18.6 Å². The van der Waals surface area contributed by atoms with Crippen LogP contribution in [-0.2, 0) is 17.3 Å². The minimum atomic E-state index is -4.34. The van der Waals surface area contributed by atoms with Gasteiger partial charge in [0.25, 0.3) is 0 Å². The number of epoxide rings is 1. The molecule has 1 atom stereocenters. The first-order valence-corrected chi connectivity index (χ1v) is 4.81. The number of alkyl halides is 3. The largest absolute Gasteiger partial charge is 0.416 e. The van der Waals surface area contributed by atoms with Gasteiger partial charge >= 0.3 is 6.18 Å². The van der Waals surface area contributed by atoms with Crippen LogP contribution >= 0.6 is 11.6 Å². The molecule has 1 unspecified atom stereocenters. The van der Waals surface area contributed by atoms with Gasteiger partial charge in [-0.2, -0.15) is 13.2 Å². The van der Waals surface area contributed by atoms with Gasteiger partial charge in [-0.15, -0.1) is 0 Å². The lowest BCUT2D eigenvalue weighted by Gasteiger charge is -2.09. The van der Waals surface area contributed by atoms with E-state index in [2.05, 4.69) is 0 Å². The van der Waals surface area contributed by atoms with E-state index in [-0.39, 0.29) is 11.1 Å². The van der Waals surface area contributed by atoms with Crippen LogP contribution < -0.4 is 0 Å². The van der Waals surface area contributed by atoms with Crippen LogP contribution in [0.4, 0.5) is 13.2 Å². The smallest absolute Gasteiger partial charge is 0.373 e. The van der Waals surface area contributed by atoms with Crippen LogP contribution in [0.15, 0.2) is 18.2 Å². The first-order valence-electron chi connectivity index (χ1n) is 4.43. The highest BCUT2D eigenvalue weighted by molar-refractivity contribution is 6.30.